The van der Waals surface area contributed by atoms with Crippen molar-refractivity contribution in [3.8, 4) is 11.1 Å². The second-order valence-corrected chi connectivity index (χ2v) is 4.17. The van der Waals surface area contributed by atoms with Crippen LogP contribution in [0.2, 0.25) is 0 Å². The van der Waals surface area contributed by atoms with Crippen molar-refractivity contribution in [3.05, 3.63) is 53.0 Å². The standard InChI is InChI=1S/C13H8BrNO/c14-12-5-1-10(2-6-12)11-3-7-13(8-4-11)15-9-16/h1-8H. The Morgan fingerprint density at radius 1 is 0.875 bits per heavy atom. The van der Waals surface area contributed by atoms with E-state index in [9.17, 15) is 4.79 Å². The summed E-state index contributed by atoms with van der Waals surface area (Å²) >= 11 is 3.39. The zero-order valence-corrected chi connectivity index (χ0v) is 9.94. The van der Waals surface area contributed by atoms with Crippen LogP contribution in [0.5, 0.6) is 0 Å². The van der Waals surface area contributed by atoms with Gasteiger partial charge in [0.25, 0.3) is 0 Å². The molecule has 0 radical (unpaired) electrons. The Kier molecular flexibility index (Phi) is 3.30. The molecule has 16 heavy (non-hydrogen) atoms. The predicted molar refractivity (Wildman–Crippen MR) is 67.4 cm³/mol. The van der Waals surface area contributed by atoms with E-state index in [1.54, 1.807) is 12.1 Å². The topological polar surface area (TPSA) is 29.4 Å². The van der Waals surface area contributed by atoms with Gasteiger partial charge in [-0.3, -0.25) is 0 Å². The first kappa shape index (κ1) is 10.8. The van der Waals surface area contributed by atoms with Crippen LogP contribution in [0.4, 0.5) is 5.69 Å². The Morgan fingerprint density at radius 3 is 1.88 bits per heavy atom. The maximum atomic E-state index is 10.1. The van der Waals surface area contributed by atoms with Gasteiger partial charge in [0.05, 0.1) is 5.69 Å². The van der Waals surface area contributed by atoms with Crippen LogP contribution in [0.15, 0.2) is 58.0 Å². The summed E-state index contributed by atoms with van der Waals surface area (Å²) in [4.78, 5) is 13.6. The lowest BCUT2D eigenvalue weighted by atomic mass is 10.1. The van der Waals surface area contributed by atoms with Gasteiger partial charge in [-0.05, 0) is 35.4 Å². The van der Waals surface area contributed by atoms with Crippen molar-refractivity contribution in [2.45, 2.75) is 0 Å². The Morgan fingerprint density at radius 2 is 1.38 bits per heavy atom. The largest absolute Gasteiger partial charge is 0.240 e. The van der Waals surface area contributed by atoms with Gasteiger partial charge in [0.1, 0.15) is 0 Å². The molecule has 78 valence electrons. The van der Waals surface area contributed by atoms with Gasteiger partial charge in [0.15, 0.2) is 0 Å². The van der Waals surface area contributed by atoms with Gasteiger partial charge in [-0.2, -0.15) is 4.99 Å². The van der Waals surface area contributed by atoms with Crippen LogP contribution in [0.25, 0.3) is 11.1 Å². The summed E-state index contributed by atoms with van der Waals surface area (Å²) in [6.07, 6.45) is 1.52. The molecular formula is C13H8BrNO. The van der Waals surface area contributed by atoms with E-state index in [2.05, 4.69) is 20.9 Å². The smallest absolute Gasteiger partial charge is 0.211 e. The van der Waals surface area contributed by atoms with Crippen LogP contribution in [-0.2, 0) is 4.79 Å². The van der Waals surface area contributed by atoms with E-state index in [1.165, 1.54) is 6.08 Å². The molecule has 0 bridgehead atoms. The molecule has 0 spiro atoms. The third-order valence-electron chi connectivity index (χ3n) is 2.22. The Bertz CT molecular complexity index is 525. The van der Waals surface area contributed by atoms with Crippen LogP contribution in [0, 0.1) is 0 Å². The van der Waals surface area contributed by atoms with Crippen molar-refractivity contribution in [2.24, 2.45) is 4.99 Å². The van der Waals surface area contributed by atoms with Gasteiger partial charge >= 0.3 is 0 Å². The molecule has 3 heteroatoms. The second kappa shape index (κ2) is 4.88. The molecule has 2 aromatic rings. The Labute approximate surface area is 102 Å². The fraction of sp³-hybridized carbons (Fsp3) is 0. The summed E-state index contributed by atoms with van der Waals surface area (Å²) in [5, 5.41) is 0. The number of rotatable bonds is 2. The van der Waals surface area contributed by atoms with Crippen molar-refractivity contribution in [3.63, 3.8) is 0 Å². The van der Waals surface area contributed by atoms with Crippen LogP contribution >= 0.6 is 15.9 Å². The number of hydrogen-bond acceptors (Lipinski definition) is 2. The molecule has 0 fully saturated rings. The van der Waals surface area contributed by atoms with E-state index < -0.39 is 0 Å². The fourth-order valence-electron chi connectivity index (χ4n) is 1.42. The minimum Gasteiger partial charge on any atom is -0.211 e. The molecule has 2 nitrogen and oxygen atoms in total. The summed E-state index contributed by atoms with van der Waals surface area (Å²) in [5.41, 5.74) is 2.85. The third kappa shape index (κ3) is 2.45. The van der Waals surface area contributed by atoms with E-state index in [4.69, 9.17) is 0 Å². The Balaban J connectivity index is 2.34. The molecule has 0 saturated heterocycles. The second-order valence-electron chi connectivity index (χ2n) is 3.26. The van der Waals surface area contributed by atoms with Gasteiger partial charge in [0.2, 0.25) is 6.08 Å². The first-order valence-corrected chi connectivity index (χ1v) is 5.53. The molecular weight excluding hydrogens is 266 g/mol. The average molecular weight is 274 g/mol. The number of carbonyl (C=O) groups excluding carboxylic acids is 1. The highest BCUT2D eigenvalue weighted by Crippen LogP contribution is 2.23. The molecule has 0 heterocycles. The van der Waals surface area contributed by atoms with Crippen molar-refractivity contribution in [1.82, 2.24) is 0 Å². The van der Waals surface area contributed by atoms with E-state index in [1.807, 2.05) is 36.4 Å². The van der Waals surface area contributed by atoms with Crippen molar-refractivity contribution >= 4 is 27.7 Å². The lowest BCUT2D eigenvalue weighted by Gasteiger charge is -2.01. The quantitative estimate of drug-likeness (QED) is 0.599. The highest BCUT2D eigenvalue weighted by molar-refractivity contribution is 9.10. The molecule has 0 atom stereocenters. The Hall–Kier alpha value is -1.70. The molecule has 2 rings (SSSR count). The van der Waals surface area contributed by atoms with Crippen LogP contribution in [0.1, 0.15) is 0 Å². The number of aliphatic imine (C=N–C) groups is 1. The minimum absolute atomic E-state index is 0.621. The molecule has 0 aliphatic rings. The molecule has 0 aliphatic carbocycles. The highest BCUT2D eigenvalue weighted by atomic mass is 79.9. The molecule has 0 N–H and O–H groups in total. The molecule has 2 aromatic carbocycles. The summed E-state index contributed by atoms with van der Waals surface area (Å²) in [6.45, 7) is 0. The maximum absolute atomic E-state index is 10.1. The summed E-state index contributed by atoms with van der Waals surface area (Å²) in [7, 11) is 0. The van der Waals surface area contributed by atoms with Crippen molar-refractivity contribution in [2.75, 3.05) is 0 Å². The number of isocyanates is 1. The van der Waals surface area contributed by atoms with E-state index in [-0.39, 0.29) is 0 Å². The number of benzene rings is 2. The molecule has 0 saturated carbocycles. The predicted octanol–water partition coefficient (Wildman–Crippen LogP) is 4.08. The monoisotopic (exact) mass is 273 g/mol. The van der Waals surface area contributed by atoms with Gasteiger partial charge in [-0.15, -0.1) is 0 Å². The van der Waals surface area contributed by atoms with Gasteiger partial charge in [-0.1, -0.05) is 40.2 Å². The first-order valence-electron chi connectivity index (χ1n) is 4.73. The zero-order valence-electron chi connectivity index (χ0n) is 8.35. The summed E-state index contributed by atoms with van der Waals surface area (Å²) in [6, 6.07) is 15.5. The number of halogens is 1. The fourth-order valence-corrected chi connectivity index (χ4v) is 1.69. The number of hydrogen-bond donors (Lipinski definition) is 0. The number of nitrogens with zero attached hydrogens (tertiary/aromatic N) is 1. The maximum Gasteiger partial charge on any atom is 0.240 e. The van der Waals surface area contributed by atoms with Crippen molar-refractivity contribution in [1.29, 1.82) is 0 Å². The van der Waals surface area contributed by atoms with Gasteiger partial charge in [0, 0.05) is 4.47 Å². The van der Waals surface area contributed by atoms with Gasteiger partial charge in [-0.25, -0.2) is 4.79 Å². The third-order valence-corrected chi connectivity index (χ3v) is 2.75. The van der Waals surface area contributed by atoms with E-state index in [0.29, 0.717) is 5.69 Å². The van der Waals surface area contributed by atoms with E-state index in [0.717, 1.165) is 15.6 Å². The van der Waals surface area contributed by atoms with Crippen LogP contribution in [0.3, 0.4) is 0 Å². The lowest BCUT2D eigenvalue weighted by molar-refractivity contribution is 0.565. The first-order chi connectivity index (χ1) is 7.79. The average Bonchev–Trinajstić information content (AvgIpc) is 2.32. The van der Waals surface area contributed by atoms with Crippen LogP contribution in [-0.4, -0.2) is 6.08 Å². The molecule has 0 unspecified atom stereocenters. The molecule has 0 aromatic heterocycles. The SMILES string of the molecule is O=C=Nc1ccc(-c2ccc(Br)cc2)cc1. The molecule has 0 aliphatic heterocycles. The normalized spacial score (nSPS) is 9.56. The lowest BCUT2D eigenvalue weighted by Crippen LogP contribution is -1.76. The molecule has 0 amide bonds. The summed E-state index contributed by atoms with van der Waals surface area (Å²) in [5.74, 6) is 0. The summed E-state index contributed by atoms with van der Waals surface area (Å²) < 4.78 is 1.05. The van der Waals surface area contributed by atoms with E-state index >= 15 is 0 Å². The van der Waals surface area contributed by atoms with Crippen molar-refractivity contribution < 1.29 is 4.79 Å². The zero-order chi connectivity index (χ0) is 11.4. The highest BCUT2D eigenvalue weighted by Gasteiger charge is 1.97. The minimum atomic E-state index is 0.621. The van der Waals surface area contributed by atoms with Gasteiger partial charge < -0.3 is 0 Å². The van der Waals surface area contributed by atoms with Crippen LogP contribution < -0.4 is 0 Å².